The lowest BCUT2D eigenvalue weighted by Gasteiger charge is -2.17. The molecule has 0 bridgehead atoms. The summed E-state index contributed by atoms with van der Waals surface area (Å²) < 4.78 is 78.1. The SMILES string of the molecule is Cl.N[C@H](c1ccc(OC(F)(F)F)cc1)c1cc(C(F)(F)F)ccc1O. The Bertz CT molecular complexity index is 715. The van der Waals surface area contributed by atoms with Crippen molar-refractivity contribution >= 4 is 12.4 Å². The van der Waals surface area contributed by atoms with Gasteiger partial charge < -0.3 is 15.6 Å². The molecule has 0 amide bonds. The summed E-state index contributed by atoms with van der Waals surface area (Å²) in [6.45, 7) is 0. The van der Waals surface area contributed by atoms with Crippen LogP contribution in [0.3, 0.4) is 0 Å². The molecule has 1 atom stereocenters. The monoisotopic (exact) mass is 387 g/mol. The fourth-order valence-electron chi connectivity index (χ4n) is 2.04. The Hall–Kier alpha value is -2.13. The second kappa shape index (κ2) is 7.40. The zero-order valence-electron chi connectivity index (χ0n) is 12.2. The standard InChI is InChI=1S/C15H11F6NO2.ClH/c16-14(17,18)9-3-6-12(23)11(7-9)13(22)8-1-4-10(5-2-8)24-15(19,20)21;/h1-7,13,23H,22H2;1H/t13-;/m1./s1. The second-order valence-electron chi connectivity index (χ2n) is 4.87. The number of ether oxygens (including phenoxy) is 1. The predicted octanol–water partition coefficient (Wildman–Crippen LogP) is 4.78. The minimum Gasteiger partial charge on any atom is -0.508 e. The van der Waals surface area contributed by atoms with Gasteiger partial charge in [0.15, 0.2) is 0 Å². The van der Waals surface area contributed by atoms with Gasteiger partial charge in [0.1, 0.15) is 11.5 Å². The summed E-state index contributed by atoms with van der Waals surface area (Å²) in [5, 5.41) is 9.72. The summed E-state index contributed by atoms with van der Waals surface area (Å²) in [5.74, 6) is -0.946. The molecule has 0 radical (unpaired) electrons. The van der Waals surface area contributed by atoms with Gasteiger partial charge in [0.05, 0.1) is 11.6 Å². The lowest BCUT2D eigenvalue weighted by atomic mass is 9.97. The van der Waals surface area contributed by atoms with Crippen LogP contribution in [0.4, 0.5) is 26.3 Å². The molecule has 2 aromatic carbocycles. The van der Waals surface area contributed by atoms with Gasteiger partial charge in [-0.1, -0.05) is 12.1 Å². The van der Waals surface area contributed by atoms with E-state index in [1.807, 2.05) is 0 Å². The number of halogens is 7. The van der Waals surface area contributed by atoms with Crippen LogP contribution >= 0.6 is 12.4 Å². The fraction of sp³-hybridized carbons (Fsp3) is 0.200. The molecule has 0 unspecified atom stereocenters. The molecular weight excluding hydrogens is 376 g/mol. The van der Waals surface area contributed by atoms with Crippen LogP contribution in [0.2, 0.25) is 0 Å². The Morgan fingerprint density at radius 2 is 1.48 bits per heavy atom. The van der Waals surface area contributed by atoms with Crippen molar-refractivity contribution in [3.8, 4) is 11.5 Å². The fourth-order valence-corrected chi connectivity index (χ4v) is 2.04. The molecule has 0 heterocycles. The van der Waals surface area contributed by atoms with Crippen LogP contribution in [0.25, 0.3) is 0 Å². The molecule has 138 valence electrons. The number of phenolic OH excluding ortho intramolecular Hbond substituents is 1. The summed E-state index contributed by atoms with van der Waals surface area (Å²) >= 11 is 0. The number of nitrogens with two attached hydrogens (primary N) is 1. The number of hydrogen-bond donors (Lipinski definition) is 2. The van der Waals surface area contributed by atoms with Crippen molar-refractivity contribution in [1.82, 2.24) is 0 Å². The van der Waals surface area contributed by atoms with Crippen LogP contribution in [0.1, 0.15) is 22.7 Å². The van der Waals surface area contributed by atoms with Gasteiger partial charge in [-0.3, -0.25) is 0 Å². The molecule has 0 aliphatic carbocycles. The molecular formula is C15H12ClF6NO2. The van der Waals surface area contributed by atoms with E-state index in [0.717, 1.165) is 18.2 Å². The predicted molar refractivity (Wildman–Crippen MR) is 79.5 cm³/mol. The summed E-state index contributed by atoms with van der Waals surface area (Å²) in [4.78, 5) is 0. The summed E-state index contributed by atoms with van der Waals surface area (Å²) in [6, 6.07) is 5.40. The first-order valence-corrected chi connectivity index (χ1v) is 6.49. The van der Waals surface area contributed by atoms with Crippen LogP contribution in [-0.2, 0) is 6.18 Å². The van der Waals surface area contributed by atoms with Gasteiger partial charge in [-0.2, -0.15) is 13.2 Å². The maximum Gasteiger partial charge on any atom is 0.573 e. The largest absolute Gasteiger partial charge is 0.573 e. The van der Waals surface area contributed by atoms with E-state index < -0.39 is 35.6 Å². The highest BCUT2D eigenvalue weighted by molar-refractivity contribution is 5.85. The van der Waals surface area contributed by atoms with Crippen LogP contribution in [0.5, 0.6) is 11.5 Å². The Morgan fingerprint density at radius 1 is 0.920 bits per heavy atom. The molecule has 0 aromatic heterocycles. The number of aromatic hydroxyl groups is 1. The quantitative estimate of drug-likeness (QED) is 0.745. The molecule has 2 aromatic rings. The number of benzene rings is 2. The highest BCUT2D eigenvalue weighted by Crippen LogP contribution is 2.36. The van der Waals surface area contributed by atoms with Crippen molar-refractivity contribution in [2.45, 2.75) is 18.6 Å². The third-order valence-electron chi connectivity index (χ3n) is 3.16. The molecule has 3 nitrogen and oxygen atoms in total. The molecule has 10 heteroatoms. The van der Waals surface area contributed by atoms with Crippen molar-refractivity contribution in [2.75, 3.05) is 0 Å². The smallest absolute Gasteiger partial charge is 0.508 e. The van der Waals surface area contributed by atoms with Crippen molar-refractivity contribution in [3.63, 3.8) is 0 Å². The van der Waals surface area contributed by atoms with Crippen LogP contribution in [0.15, 0.2) is 42.5 Å². The van der Waals surface area contributed by atoms with Gasteiger partial charge in [0, 0.05) is 5.56 Å². The van der Waals surface area contributed by atoms with Gasteiger partial charge in [0.2, 0.25) is 0 Å². The van der Waals surface area contributed by atoms with Crippen molar-refractivity contribution in [1.29, 1.82) is 0 Å². The molecule has 0 aliphatic heterocycles. The molecule has 0 saturated carbocycles. The van der Waals surface area contributed by atoms with E-state index in [9.17, 15) is 31.4 Å². The van der Waals surface area contributed by atoms with Gasteiger partial charge >= 0.3 is 12.5 Å². The van der Waals surface area contributed by atoms with E-state index in [2.05, 4.69) is 4.74 Å². The summed E-state index contributed by atoms with van der Waals surface area (Å²) in [5.41, 5.74) is 4.83. The Labute approximate surface area is 144 Å². The van der Waals surface area contributed by atoms with Crippen LogP contribution < -0.4 is 10.5 Å². The molecule has 0 fully saturated rings. The zero-order chi connectivity index (χ0) is 18.1. The zero-order valence-corrected chi connectivity index (χ0v) is 13.0. The Balaban J connectivity index is 0.00000312. The Morgan fingerprint density at radius 3 is 1.96 bits per heavy atom. The average molecular weight is 388 g/mol. The first-order chi connectivity index (χ1) is 11.0. The molecule has 3 N–H and O–H groups in total. The number of alkyl halides is 6. The minimum absolute atomic E-state index is 0. The van der Waals surface area contributed by atoms with Gasteiger partial charge in [-0.05, 0) is 35.9 Å². The third-order valence-corrected chi connectivity index (χ3v) is 3.16. The van der Waals surface area contributed by atoms with E-state index in [4.69, 9.17) is 5.73 Å². The number of hydrogen-bond acceptors (Lipinski definition) is 3. The maximum atomic E-state index is 12.7. The highest BCUT2D eigenvalue weighted by Gasteiger charge is 2.32. The topological polar surface area (TPSA) is 55.5 Å². The number of rotatable bonds is 3. The van der Waals surface area contributed by atoms with Crippen LogP contribution in [0, 0.1) is 0 Å². The van der Waals surface area contributed by atoms with E-state index >= 15 is 0 Å². The van der Waals surface area contributed by atoms with Gasteiger partial charge in [-0.25, -0.2) is 0 Å². The maximum absolute atomic E-state index is 12.7. The van der Waals surface area contributed by atoms with E-state index in [1.165, 1.54) is 12.1 Å². The van der Waals surface area contributed by atoms with E-state index in [-0.39, 0.29) is 23.5 Å². The Kier molecular flexibility index (Phi) is 6.19. The van der Waals surface area contributed by atoms with Crippen molar-refractivity contribution in [3.05, 3.63) is 59.2 Å². The van der Waals surface area contributed by atoms with Crippen molar-refractivity contribution < 1.29 is 36.2 Å². The normalized spacial score (nSPS) is 13.1. The lowest BCUT2D eigenvalue weighted by Crippen LogP contribution is -2.17. The molecule has 25 heavy (non-hydrogen) atoms. The second-order valence-corrected chi connectivity index (χ2v) is 4.87. The van der Waals surface area contributed by atoms with Crippen molar-refractivity contribution in [2.24, 2.45) is 5.73 Å². The highest BCUT2D eigenvalue weighted by atomic mass is 35.5. The first-order valence-electron chi connectivity index (χ1n) is 6.49. The average Bonchev–Trinajstić information content (AvgIpc) is 2.45. The van der Waals surface area contributed by atoms with Crippen LogP contribution in [-0.4, -0.2) is 11.5 Å². The molecule has 0 spiro atoms. The molecule has 0 saturated heterocycles. The van der Waals surface area contributed by atoms with Gasteiger partial charge in [-0.15, -0.1) is 25.6 Å². The lowest BCUT2D eigenvalue weighted by molar-refractivity contribution is -0.274. The summed E-state index contributed by atoms with van der Waals surface area (Å²) in [6.07, 6.45) is -9.48. The molecule has 0 aliphatic rings. The third kappa shape index (κ3) is 5.43. The first kappa shape index (κ1) is 20.9. The minimum atomic E-state index is -4.86. The van der Waals surface area contributed by atoms with E-state index in [1.54, 1.807) is 0 Å². The summed E-state index contributed by atoms with van der Waals surface area (Å²) in [7, 11) is 0. The number of phenols is 1. The van der Waals surface area contributed by atoms with E-state index in [0.29, 0.717) is 12.1 Å². The van der Waals surface area contributed by atoms with Gasteiger partial charge in [0.25, 0.3) is 0 Å². The molecule has 2 rings (SSSR count).